The molecule has 1 aliphatic heterocycles. The summed E-state index contributed by atoms with van der Waals surface area (Å²) in [6.07, 6.45) is 2.59. The van der Waals surface area contributed by atoms with E-state index < -0.39 is 27.7 Å². The number of carbonyl (C=O) groups excluding carboxylic acids is 2. The lowest BCUT2D eigenvalue weighted by atomic mass is 10.2. The first-order valence-electron chi connectivity index (χ1n) is 7.29. The van der Waals surface area contributed by atoms with E-state index in [9.17, 15) is 18.0 Å². The predicted octanol–water partition coefficient (Wildman–Crippen LogP) is 1.28. The van der Waals surface area contributed by atoms with Gasteiger partial charge in [0, 0.05) is 32.3 Å². The molecule has 1 aromatic rings. The normalized spacial score (nSPS) is 16.6. The third-order valence-corrected chi connectivity index (χ3v) is 4.52. The summed E-state index contributed by atoms with van der Waals surface area (Å²) in [6.45, 7) is 6.46. The van der Waals surface area contributed by atoms with Gasteiger partial charge in [0.25, 0.3) is 5.79 Å². The zero-order valence-electron chi connectivity index (χ0n) is 13.7. The topological polar surface area (TPSA) is 111 Å². The standard InChI is InChI=1S/C16H18N2O6S/c1-4-9-18-25(21,22)12-7-5-11(6-8-12)17-10-13-14(19)23-16(2,3)24-15(13)20/h4-8,10,17-18H,1,9H2,2-3H3. The van der Waals surface area contributed by atoms with E-state index in [4.69, 9.17) is 9.47 Å². The smallest absolute Gasteiger partial charge is 0.350 e. The van der Waals surface area contributed by atoms with Gasteiger partial charge in [-0.05, 0) is 24.3 Å². The average Bonchev–Trinajstić information content (AvgIpc) is 2.51. The first-order chi connectivity index (χ1) is 11.6. The van der Waals surface area contributed by atoms with Crippen LogP contribution in [0, 0.1) is 0 Å². The van der Waals surface area contributed by atoms with Crippen LogP contribution in [0.3, 0.4) is 0 Å². The van der Waals surface area contributed by atoms with Crippen LogP contribution in [0.5, 0.6) is 0 Å². The molecule has 134 valence electrons. The first kappa shape index (κ1) is 18.7. The summed E-state index contributed by atoms with van der Waals surface area (Å²) in [7, 11) is -3.62. The SMILES string of the molecule is C=CCNS(=O)(=O)c1ccc(NC=C2C(=O)OC(C)(C)OC2=O)cc1. The van der Waals surface area contributed by atoms with Gasteiger partial charge in [-0.3, -0.25) is 0 Å². The zero-order valence-corrected chi connectivity index (χ0v) is 14.6. The van der Waals surface area contributed by atoms with Crippen molar-refractivity contribution in [2.75, 3.05) is 11.9 Å². The van der Waals surface area contributed by atoms with Gasteiger partial charge in [-0.15, -0.1) is 6.58 Å². The Kier molecular flexibility index (Phi) is 5.29. The number of cyclic esters (lactones) is 2. The maximum Gasteiger partial charge on any atom is 0.350 e. The summed E-state index contributed by atoms with van der Waals surface area (Å²) < 4.78 is 36.1. The number of esters is 2. The quantitative estimate of drug-likeness (QED) is 0.338. The molecular weight excluding hydrogens is 348 g/mol. The molecule has 0 spiro atoms. The van der Waals surface area contributed by atoms with Gasteiger partial charge >= 0.3 is 11.9 Å². The number of anilines is 1. The van der Waals surface area contributed by atoms with Gasteiger partial charge in [0.15, 0.2) is 5.57 Å². The number of sulfonamides is 1. The molecule has 0 bridgehead atoms. The van der Waals surface area contributed by atoms with E-state index in [1.54, 1.807) is 0 Å². The highest BCUT2D eigenvalue weighted by atomic mass is 32.2. The second-order valence-corrected chi connectivity index (χ2v) is 7.31. The van der Waals surface area contributed by atoms with Crippen LogP contribution < -0.4 is 10.0 Å². The van der Waals surface area contributed by atoms with Crippen molar-refractivity contribution in [2.45, 2.75) is 24.5 Å². The monoisotopic (exact) mass is 366 g/mol. The van der Waals surface area contributed by atoms with E-state index in [-0.39, 0.29) is 17.0 Å². The van der Waals surface area contributed by atoms with Crippen LogP contribution in [0.25, 0.3) is 0 Å². The van der Waals surface area contributed by atoms with Crippen LogP contribution in [-0.2, 0) is 29.1 Å². The number of benzene rings is 1. The van der Waals surface area contributed by atoms with E-state index >= 15 is 0 Å². The lowest BCUT2D eigenvalue weighted by Gasteiger charge is -2.29. The van der Waals surface area contributed by atoms with E-state index in [0.717, 1.165) is 6.20 Å². The Labute approximate surface area is 145 Å². The summed E-state index contributed by atoms with van der Waals surface area (Å²) in [5.41, 5.74) is 0.185. The Bertz CT molecular complexity index is 803. The summed E-state index contributed by atoms with van der Waals surface area (Å²) in [4.78, 5) is 23.7. The number of nitrogens with one attached hydrogen (secondary N) is 2. The lowest BCUT2D eigenvalue weighted by Crippen LogP contribution is -2.42. The second-order valence-electron chi connectivity index (χ2n) is 5.55. The van der Waals surface area contributed by atoms with Crippen molar-refractivity contribution in [2.24, 2.45) is 0 Å². The molecule has 8 nitrogen and oxygen atoms in total. The molecule has 2 N–H and O–H groups in total. The Balaban J connectivity index is 2.10. The van der Waals surface area contributed by atoms with Gasteiger partial charge < -0.3 is 14.8 Å². The maximum atomic E-state index is 11.9. The number of ether oxygens (including phenoxy) is 2. The van der Waals surface area contributed by atoms with Gasteiger partial charge in [0.05, 0.1) is 4.90 Å². The molecule has 0 unspecified atom stereocenters. The zero-order chi connectivity index (χ0) is 18.7. The van der Waals surface area contributed by atoms with Crippen molar-refractivity contribution >= 4 is 27.6 Å². The van der Waals surface area contributed by atoms with Crippen LogP contribution in [0.4, 0.5) is 5.69 Å². The molecule has 0 amide bonds. The Morgan fingerprint density at radius 2 is 1.68 bits per heavy atom. The van der Waals surface area contributed by atoms with Gasteiger partial charge in [0.2, 0.25) is 10.0 Å². The highest BCUT2D eigenvalue weighted by Gasteiger charge is 2.38. The van der Waals surface area contributed by atoms with Crippen LogP contribution in [0.2, 0.25) is 0 Å². The fourth-order valence-corrected chi connectivity index (χ4v) is 2.91. The van der Waals surface area contributed by atoms with Gasteiger partial charge in [-0.1, -0.05) is 6.08 Å². The third-order valence-electron chi connectivity index (χ3n) is 3.08. The highest BCUT2D eigenvalue weighted by molar-refractivity contribution is 7.89. The molecule has 0 aromatic heterocycles. The van der Waals surface area contributed by atoms with E-state index in [1.807, 2.05) is 0 Å². The van der Waals surface area contributed by atoms with Gasteiger partial charge in [-0.25, -0.2) is 22.7 Å². The summed E-state index contributed by atoms with van der Waals surface area (Å²) in [5, 5.41) is 2.73. The third kappa shape index (κ3) is 4.68. The van der Waals surface area contributed by atoms with Gasteiger partial charge in [-0.2, -0.15) is 0 Å². The minimum atomic E-state index is -3.62. The second kappa shape index (κ2) is 7.08. The van der Waals surface area contributed by atoms with Crippen LogP contribution in [0.15, 0.2) is 53.6 Å². The number of hydrogen-bond donors (Lipinski definition) is 2. The fraction of sp³-hybridized carbons (Fsp3) is 0.250. The molecule has 0 saturated carbocycles. The summed E-state index contributed by atoms with van der Waals surface area (Å²) in [5.74, 6) is -2.91. The first-order valence-corrected chi connectivity index (χ1v) is 8.77. The van der Waals surface area contributed by atoms with Crippen molar-refractivity contribution in [3.05, 3.63) is 48.7 Å². The Morgan fingerprint density at radius 3 is 2.20 bits per heavy atom. The number of hydrogen-bond acceptors (Lipinski definition) is 7. The van der Waals surface area contributed by atoms with E-state index in [2.05, 4.69) is 16.6 Å². The average molecular weight is 366 g/mol. The molecule has 1 heterocycles. The molecule has 25 heavy (non-hydrogen) atoms. The van der Waals surface area contributed by atoms with Crippen LogP contribution >= 0.6 is 0 Å². The minimum absolute atomic E-state index is 0.0748. The molecule has 9 heteroatoms. The highest BCUT2D eigenvalue weighted by Crippen LogP contribution is 2.23. The maximum absolute atomic E-state index is 11.9. The van der Waals surface area contributed by atoms with Crippen LogP contribution in [0.1, 0.15) is 13.8 Å². The molecule has 1 fully saturated rings. The molecule has 1 saturated heterocycles. The molecule has 0 aliphatic carbocycles. The number of carbonyl (C=O) groups is 2. The van der Waals surface area contributed by atoms with E-state index in [1.165, 1.54) is 44.2 Å². The Hall–Kier alpha value is -2.65. The van der Waals surface area contributed by atoms with Crippen molar-refractivity contribution in [3.8, 4) is 0 Å². The van der Waals surface area contributed by atoms with Crippen LogP contribution in [-0.4, -0.2) is 32.7 Å². The van der Waals surface area contributed by atoms with Gasteiger partial charge in [0.1, 0.15) is 0 Å². The molecule has 1 aromatic carbocycles. The van der Waals surface area contributed by atoms with Crippen molar-refractivity contribution in [1.82, 2.24) is 4.72 Å². The lowest BCUT2D eigenvalue weighted by molar-refractivity contribution is -0.222. The minimum Gasteiger partial charge on any atom is -0.419 e. The summed E-state index contributed by atoms with van der Waals surface area (Å²) in [6, 6.07) is 5.74. The molecule has 0 radical (unpaired) electrons. The number of rotatable bonds is 6. The van der Waals surface area contributed by atoms with E-state index in [0.29, 0.717) is 5.69 Å². The molecule has 1 aliphatic rings. The van der Waals surface area contributed by atoms with Crippen molar-refractivity contribution in [3.63, 3.8) is 0 Å². The molecular formula is C16H18N2O6S. The molecule has 0 atom stereocenters. The van der Waals surface area contributed by atoms with Crippen molar-refractivity contribution in [1.29, 1.82) is 0 Å². The summed E-state index contributed by atoms with van der Waals surface area (Å²) >= 11 is 0. The Morgan fingerprint density at radius 1 is 1.12 bits per heavy atom. The van der Waals surface area contributed by atoms with Crippen molar-refractivity contribution < 1.29 is 27.5 Å². The fourth-order valence-electron chi connectivity index (χ4n) is 1.92. The largest absolute Gasteiger partial charge is 0.419 e. The molecule has 2 rings (SSSR count). The predicted molar refractivity (Wildman–Crippen MR) is 89.8 cm³/mol.